The molecule has 0 unspecified atom stereocenters. The summed E-state index contributed by atoms with van der Waals surface area (Å²) >= 11 is 0. The summed E-state index contributed by atoms with van der Waals surface area (Å²) in [5, 5.41) is 0. The number of esters is 1. The van der Waals surface area contributed by atoms with Crippen LogP contribution in [-0.4, -0.2) is 13.1 Å². The Hall–Kier alpha value is -0.790. The van der Waals surface area contributed by atoms with Crippen molar-refractivity contribution in [2.45, 2.75) is 46.0 Å². The molecule has 0 amide bonds. The second-order valence-corrected chi connectivity index (χ2v) is 4.51. The number of unbranched alkanes of at least 4 members (excludes halogenated alkanes) is 1. The average Bonchev–Trinajstić information content (AvgIpc) is 2.27. The summed E-state index contributed by atoms with van der Waals surface area (Å²) in [7, 11) is 1.46. The molecule has 2 heteroatoms. The molecule has 0 spiro atoms. The van der Waals surface area contributed by atoms with Gasteiger partial charge >= 0.3 is 5.97 Å². The molecule has 0 aromatic carbocycles. The number of carbonyl (C=O) groups is 1. The van der Waals surface area contributed by atoms with Gasteiger partial charge in [-0.2, -0.15) is 0 Å². The van der Waals surface area contributed by atoms with Gasteiger partial charge in [0.25, 0.3) is 0 Å². The van der Waals surface area contributed by atoms with Gasteiger partial charge in [0.1, 0.15) is 0 Å². The Morgan fingerprint density at radius 1 is 1.60 bits per heavy atom. The van der Waals surface area contributed by atoms with E-state index in [0.29, 0.717) is 11.8 Å². The van der Waals surface area contributed by atoms with Gasteiger partial charge in [-0.1, -0.05) is 32.8 Å². The molecule has 1 aliphatic carbocycles. The highest BCUT2D eigenvalue weighted by molar-refractivity contribution is 5.88. The number of allylic oxidation sites excluding steroid dienone is 1. The summed E-state index contributed by atoms with van der Waals surface area (Å²) in [4.78, 5) is 11.4. The van der Waals surface area contributed by atoms with Crippen LogP contribution in [0.25, 0.3) is 0 Å². The molecule has 0 saturated carbocycles. The molecule has 0 heterocycles. The van der Waals surface area contributed by atoms with Gasteiger partial charge in [-0.05, 0) is 31.1 Å². The molecule has 1 rings (SSSR count). The smallest absolute Gasteiger partial charge is 0.333 e. The molecule has 0 bridgehead atoms. The van der Waals surface area contributed by atoms with E-state index in [2.05, 4.69) is 19.9 Å². The van der Waals surface area contributed by atoms with Crippen molar-refractivity contribution >= 4 is 5.97 Å². The van der Waals surface area contributed by atoms with Gasteiger partial charge in [0, 0.05) is 5.57 Å². The molecule has 0 aromatic rings. The van der Waals surface area contributed by atoms with Crippen LogP contribution in [-0.2, 0) is 9.53 Å². The molecule has 1 aliphatic rings. The molecule has 86 valence electrons. The fourth-order valence-electron chi connectivity index (χ4n) is 2.21. The second kappa shape index (κ2) is 5.94. The average molecular weight is 210 g/mol. The number of methoxy groups -OCH3 is 1. The lowest BCUT2D eigenvalue weighted by Crippen LogP contribution is -2.19. The molecule has 0 N–H and O–H groups in total. The molecule has 2 nitrogen and oxygen atoms in total. The lowest BCUT2D eigenvalue weighted by atomic mass is 9.79. The molecular formula is C13H22O2. The predicted molar refractivity (Wildman–Crippen MR) is 61.5 cm³/mol. The Bertz CT molecular complexity index is 243. The first-order chi connectivity index (χ1) is 7.19. The van der Waals surface area contributed by atoms with Gasteiger partial charge in [-0.15, -0.1) is 0 Å². The van der Waals surface area contributed by atoms with E-state index in [1.807, 2.05) is 0 Å². The lowest BCUT2D eigenvalue weighted by Gasteiger charge is -2.26. The van der Waals surface area contributed by atoms with Crippen LogP contribution in [0, 0.1) is 11.8 Å². The van der Waals surface area contributed by atoms with Crippen molar-refractivity contribution in [3.05, 3.63) is 11.6 Å². The SMILES string of the molecule is CCCC[C@@H]1C=C(C(=O)OC)CC[C@H]1C. The van der Waals surface area contributed by atoms with Crippen molar-refractivity contribution in [1.82, 2.24) is 0 Å². The number of rotatable bonds is 4. The van der Waals surface area contributed by atoms with E-state index in [1.165, 1.54) is 26.4 Å². The standard InChI is InChI=1S/C13H22O2/c1-4-5-6-11-9-12(13(14)15-3)8-7-10(11)2/h9-11H,4-8H2,1-3H3/t10-,11-/m1/s1. The van der Waals surface area contributed by atoms with Crippen molar-refractivity contribution in [3.63, 3.8) is 0 Å². The first kappa shape index (κ1) is 12.3. The van der Waals surface area contributed by atoms with Gasteiger partial charge < -0.3 is 4.74 Å². The fourth-order valence-corrected chi connectivity index (χ4v) is 2.21. The quantitative estimate of drug-likeness (QED) is 0.665. The maximum Gasteiger partial charge on any atom is 0.333 e. The molecule has 0 aliphatic heterocycles. The van der Waals surface area contributed by atoms with Crippen molar-refractivity contribution in [2.75, 3.05) is 7.11 Å². The summed E-state index contributed by atoms with van der Waals surface area (Å²) in [6.07, 6.45) is 7.84. The Labute approximate surface area is 92.7 Å². The minimum absolute atomic E-state index is 0.136. The topological polar surface area (TPSA) is 26.3 Å². The zero-order chi connectivity index (χ0) is 11.3. The van der Waals surface area contributed by atoms with Crippen molar-refractivity contribution in [1.29, 1.82) is 0 Å². The summed E-state index contributed by atoms with van der Waals surface area (Å²) < 4.78 is 4.77. The Kier molecular flexibility index (Phi) is 4.86. The summed E-state index contributed by atoms with van der Waals surface area (Å²) in [6, 6.07) is 0. The van der Waals surface area contributed by atoms with E-state index in [-0.39, 0.29) is 5.97 Å². The van der Waals surface area contributed by atoms with Crippen molar-refractivity contribution in [2.24, 2.45) is 11.8 Å². The third-order valence-corrected chi connectivity index (χ3v) is 3.35. The highest BCUT2D eigenvalue weighted by Gasteiger charge is 2.23. The molecule has 2 atom stereocenters. The summed E-state index contributed by atoms with van der Waals surface area (Å²) in [6.45, 7) is 4.49. The monoisotopic (exact) mass is 210 g/mol. The molecule has 15 heavy (non-hydrogen) atoms. The van der Waals surface area contributed by atoms with Crippen LogP contribution in [0.1, 0.15) is 46.0 Å². The highest BCUT2D eigenvalue weighted by atomic mass is 16.5. The molecule has 0 fully saturated rings. The van der Waals surface area contributed by atoms with Crippen molar-refractivity contribution in [3.8, 4) is 0 Å². The number of carbonyl (C=O) groups excluding carboxylic acids is 1. The van der Waals surface area contributed by atoms with Crippen LogP contribution in [0.2, 0.25) is 0 Å². The van der Waals surface area contributed by atoms with E-state index in [9.17, 15) is 4.79 Å². The first-order valence-corrected chi connectivity index (χ1v) is 5.98. The van der Waals surface area contributed by atoms with Crippen LogP contribution in [0.15, 0.2) is 11.6 Å². The largest absolute Gasteiger partial charge is 0.466 e. The van der Waals surface area contributed by atoms with E-state index >= 15 is 0 Å². The van der Waals surface area contributed by atoms with Gasteiger partial charge in [0.05, 0.1) is 7.11 Å². The highest BCUT2D eigenvalue weighted by Crippen LogP contribution is 2.32. The Balaban J connectivity index is 2.62. The van der Waals surface area contributed by atoms with Gasteiger partial charge in [0.2, 0.25) is 0 Å². The number of hydrogen-bond donors (Lipinski definition) is 0. The molecule has 0 saturated heterocycles. The molecule has 0 aromatic heterocycles. The van der Waals surface area contributed by atoms with Crippen molar-refractivity contribution < 1.29 is 9.53 Å². The summed E-state index contributed by atoms with van der Waals surface area (Å²) in [5.41, 5.74) is 0.886. The maximum absolute atomic E-state index is 11.4. The number of ether oxygens (including phenoxy) is 1. The van der Waals surface area contributed by atoms with Crippen LogP contribution in [0.3, 0.4) is 0 Å². The molecule has 0 radical (unpaired) electrons. The van der Waals surface area contributed by atoms with Crippen LogP contribution in [0.4, 0.5) is 0 Å². The minimum atomic E-state index is -0.136. The zero-order valence-corrected chi connectivity index (χ0v) is 10.1. The van der Waals surface area contributed by atoms with Gasteiger partial charge in [-0.3, -0.25) is 0 Å². The summed E-state index contributed by atoms with van der Waals surface area (Å²) in [5.74, 6) is 1.15. The van der Waals surface area contributed by atoms with Crippen LogP contribution in [0.5, 0.6) is 0 Å². The van der Waals surface area contributed by atoms with Crippen LogP contribution >= 0.6 is 0 Å². The van der Waals surface area contributed by atoms with E-state index < -0.39 is 0 Å². The lowest BCUT2D eigenvalue weighted by molar-refractivity contribution is -0.136. The van der Waals surface area contributed by atoms with E-state index in [4.69, 9.17) is 4.74 Å². The maximum atomic E-state index is 11.4. The zero-order valence-electron chi connectivity index (χ0n) is 10.1. The van der Waals surface area contributed by atoms with Gasteiger partial charge in [0.15, 0.2) is 0 Å². The predicted octanol–water partition coefficient (Wildman–Crippen LogP) is 3.32. The Morgan fingerprint density at radius 2 is 2.33 bits per heavy atom. The Morgan fingerprint density at radius 3 is 2.93 bits per heavy atom. The third-order valence-electron chi connectivity index (χ3n) is 3.35. The van der Waals surface area contributed by atoms with E-state index in [1.54, 1.807) is 0 Å². The second-order valence-electron chi connectivity index (χ2n) is 4.51. The third kappa shape index (κ3) is 3.37. The molecular weight excluding hydrogens is 188 g/mol. The fraction of sp³-hybridized carbons (Fsp3) is 0.769. The van der Waals surface area contributed by atoms with Crippen LogP contribution < -0.4 is 0 Å². The van der Waals surface area contributed by atoms with Gasteiger partial charge in [-0.25, -0.2) is 4.79 Å². The normalized spacial score (nSPS) is 25.9. The van der Waals surface area contributed by atoms with E-state index in [0.717, 1.165) is 18.4 Å². The first-order valence-electron chi connectivity index (χ1n) is 5.98. The minimum Gasteiger partial charge on any atom is -0.466 e. The number of hydrogen-bond acceptors (Lipinski definition) is 2.